The molecule has 2 bridgehead atoms. The van der Waals surface area contributed by atoms with Crippen molar-refractivity contribution in [3.8, 4) is 0 Å². The van der Waals surface area contributed by atoms with Crippen molar-refractivity contribution in [2.45, 2.75) is 19.3 Å². The van der Waals surface area contributed by atoms with Crippen LogP contribution in [0.5, 0.6) is 0 Å². The molecule has 9 heavy (non-hydrogen) atoms. The zero-order valence-corrected chi connectivity index (χ0v) is 8.22. The molecule has 2 aliphatic carbocycles. The molecule has 0 saturated heterocycles. The standard InChI is InChI=1S/C7H8.2Rh/c1-2-7-4-3-6(1)5-7;;/h1-2H,3-5H2;;. The topological polar surface area (TPSA) is 0 Å². The van der Waals surface area contributed by atoms with E-state index >= 15 is 0 Å². The second-order valence-corrected chi connectivity index (χ2v) is 2.33. The fourth-order valence-corrected chi connectivity index (χ4v) is 1.31. The molecule has 2 aliphatic rings. The third kappa shape index (κ3) is 1.82. The van der Waals surface area contributed by atoms with E-state index in [4.69, 9.17) is 0 Å². The molecule has 2 radical (unpaired) electrons. The summed E-state index contributed by atoms with van der Waals surface area (Å²) in [5.41, 5.74) is 3.30. The molecule has 0 aromatic carbocycles. The molecule has 2 heteroatoms. The van der Waals surface area contributed by atoms with E-state index in [2.05, 4.69) is 12.2 Å². The van der Waals surface area contributed by atoms with Crippen LogP contribution in [0.3, 0.4) is 0 Å². The largest absolute Gasteiger partial charge is 0.0658 e. The molecule has 0 spiro atoms. The predicted molar refractivity (Wildman–Crippen MR) is 30.0 cm³/mol. The van der Waals surface area contributed by atoms with E-state index in [0.29, 0.717) is 0 Å². The van der Waals surface area contributed by atoms with Gasteiger partial charge in [0, 0.05) is 39.0 Å². The summed E-state index contributed by atoms with van der Waals surface area (Å²) in [6, 6.07) is 0. The normalized spacial score (nSPS) is 19.6. The quantitative estimate of drug-likeness (QED) is 0.600. The van der Waals surface area contributed by atoms with E-state index < -0.39 is 0 Å². The summed E-state index contributed by atoms with van der Waals surface area (Å²) in [6.07, 6.45) is 8.54. The zero-order chi connectivity index (χ0) is 4.69. The molecular formula is C7H8Rh2. The summed E-state index contributed by atoms with van der Waals surface area (Å²) in [5, 5.41) is 0. The second-order valence-electron chi connectivity index (χ2n) is 2.33. The summed E-state index contributed by atoms with van der Waals surface area (Å²) < 4.78 is 0. The van der Waals surface area contributed by atoms with Crippen molar-refractivity contribution in [2.75, 3.05) is 0 Å². The van der Waals surface area contributed by atoms with Gasteiger partial charge in [0.25, 0.3) is 0 Å². The molecule has 0 aromatic rings. The van der Waals surface area contributed by atoms with Gasteiger partial charge in [0.1, 0.15) is 0 Å². The van der Waals surface area contributed by atoms with Crippen LogP contribution in [-0.2, 0) is 39.0 Å². The monoisotopic (exact) mass is 298 g/mol. The maximum Gasteiger partial charge on any atom is 0 e. The van der Waals surface area contributed by atoms with Gasteiger partial charge in [-0.05, 0) is 19.3 Å². The molecule has 0 nitrogen and oxygen atoms in total. The van der Waals surface area contributed by atoms with E-state index in [1.807, 2.05) is 0 Å². The Balaban J connectivity index is 0.000000320. The third-order valence-corrected chi connectivity index (χ3v) is 1.78. The van der Waals surface area contributed by atoms with Gasteiger partial charge in [0.2, 0.25) is 0 Å². The first-order valence-electron chi connectivity index (χ1n) is 2.82. The fourth-order valence-electron chi connectivity index (χ4n) is 1.31. The van der Waals surface area contributed by atoms with Gasteiger partial charge in [0.15, 0.2) is 0 Å². The Kier molecular flexibility index (Phi) is 4.09. The smallest absolute Gasteiger partial charge is 0 e. The Bertz CT molecular complexity index is 138. The maximum atomic E-state index is 2.26. The van der Waals surface area contributed by atoms with Crippen LogP contribution in [-0.4, -0.2) is 0 Å². The third-order valence-electron chi connectivity index (χ3n) is 1.78. The molecular weight excluding hydrogens is 290 g/mol. The molecule has 0 atom stereocenters. The van der Waals surface area contributed by atoms with Crippen molar-refractivity contribution >= 4 is 0 Å². The number of hydrogen-bond acceptors (Lipinski definition) is 0. The van der Waals surface area contributed by atoms with Gasteiger partial charge in [0.05, 0.1) is 0 Å². The first-order chi connectivity index (χ1) is 3.45. The van der Waals surface area contributed by atoms with Crippen molar-refractivity contribution in [1.82, 2.24) is 0 Å². The molecule has 0 amide bonds. The van der Waals surface area contributed by atoms with Gasteiger partial charge in [-0.1, -0.05) is 23.3 Å². The minimum absolute atomic E-state index is 0. The van der Waals surface area contributed by atoms with Crippen LogP contribution < -0.4 is 0 Å². The van der Waals surface area contributed by atoms with Crippen molar-refractivity contribution in [2.24, 2.45) is 0 Å². The van der Waals surface area contributed by atoms with Crippen LogP contribution in [0.4, 0.5) is 0 Å². The molecule has 0 aromatic heterocycles. The summed E-state index contributed by atoms with van der Waals surface area (Å²) in [5.74, 6) is 0. The fraction of sp³-hybridized carbons (Fsp3) is 0.429. The Morgan fingerprint density at radius 2 is 1.33 bits per heavy atom. The van der Waals surface area contributed by atoms with Crippen LogP contribution >= 0.6 is 0 Å². The number of hydrogen-bond donors (Lipinski definition) is 0. The minimum atomic E-state index is 0. The molecule has 0 aliphatic heterocycles. The molecule has 0 N–H and O–H groups in total. The van der Waals surface area contributed by atoms with E-state index in [-0.39, 0.29) is 39.0 Å². The Labute approximate surface area is 81.3 Å². The van der Waals surface area contributed by atoms with E-state index in [9.17, 15) is 0 Å². The Morgan fingerprint density at radius 1 is 0.889 bits per heavy atom. The summed E-state index contributed by atoms with van der Waals surface area (Å²) in [7, 11) is 0. The van der Waals surface area contributed by atoms with Crippen molar-refractivity contribution in [1.29, 1.82) is 0 Å². The molecule has 1 saturated carbocycles. The average Bonchev–Trinajstić information content (AvgIpc) is 2.22. The van der Waals surface area contributed by atoms with Crippen LogP contribution in [0.25, 0.3) is 0 Å². The number of allylic oxidation sites excluding steroid dienone is 4. The minimum Gasteiger partial charge on any atom is -0.0658 e. The molecule has 0 unspecified atom stereocenters. The molecule has 1 fully saturated rings. The summed E-state index contributed by atoms with van der Waals surface area (Å²) >= 11 is 0. The van der Waals surface area contributed by atoms with E-state index in [1.54, 1.807) is 11.1 Å². The van der Waals surface area contributed by atoms with Crippen LogP contribution in [0.2, 0.25) is 0 Å². The molecule has 0 heterocycles. The molecule has 54 valence electrons. The van der Waals surface area contributed by atoms with Gasteiger partial charge in [-0.25, -0.2) is 0 Å². The average molecular weight is 298 g/mol. The Morgan fingerprint density at radius 3 is 1.44 bits per heavy atom. The number of rotatable bonds is 0. The van der Waals surface area contributed by atoms with Crippen LogP contribution in [0.15, 0.2) is 23.3 Å². The first kappa shape index (κ1) is 9.73. The maximum absolute atomic E-state index is 2.26. The predicted octanol–water partition coefficient (Wildman–Crippen LogP) is 2.03. The summed E-state index contributed by atoms with van der Waals surface area (Å²) in [4.78, 5) is 0. The van der Waals surface area contributed by atoms with Crippen molar-refractivity contribution in [3.63, 3.8) is 0 Å². The second kappa shape index (κ2) is 3.79. The Hall–Kier alpha value is 0.727. The number of fused-ring (bicyclic) bond motifs is 2. The van der Waals surface area contributed by atoms with E-state index in [1.165, 1.54) is 19.3 Å². The van der Waals surface area contributed by atoms with Gasteiger partial charge in [-0.2, -0.15) is 0 Å². The van der Waals surface area contributed by atoms with Gasteiger partial charge < -0.3 is 0 Å². The van der Waals surface area contributed by atoms with Gasteiger partial charge in [-0.15, -0.1) is 0 Å². The molecule has 2 rings (SSSR count). The van der Waals surface area contributed by atoms with Crippen LogP contribution in [0.1, 0.15) is 19.3 Å². The van der Waals surface area contributed by atoms with Gasteiger partial charge >= 0.3 is 0 Å². The van der Waals surface area contributed by atoms with E-state index in [0.717, 1.165) is 0 Å². The van der Waals surface area contributed by atoms with Crippen molar-refractivity contribution < 1.29 is 39.0 Å². The zero-order valence-electron chi connectivity index (χ0n) is 4.94. The van der Waals surface area contributed by atoms with Crippen molar-refractivity contribution in [3.05, 3.63) is 23.3 Å². The van der Waals surface area contributed by atoms with Crippen LogP contribution in [0, 0.1) is 0 Å². The summed E-state index contributed by atoms with van der Waals surface area (Å²) in [6.45, 7) is 0. The SMILES string of the molecule is C1=C2CCC(=C1)C2.[Rh].[Rh]. The first-order valence-corrected chi connectivity index (χ1v) is 2.82. The van der Waals surface area contributed by atoms with Gasteiger partial charge in [-0.3, -0.25) is 0 Å².